The van der Waals surface area contributed by atoms with E-state index < -0.39 is 12.1 Å². The minimum atomic E-state index is -0.758. The zero-order chi connectivity index (χ0) is 12.8. The van der Waals surface area contributed by atoms with E-state index in [1.165, 1.54) is 0 Å². The summed E-state index contributed by atoms with van der Waals surface area (Å²) in [5, 5.41) is 0. The van der Waals surface area contributed by atoms with E-state index in [-0.39, 0.29) is 12.5 Å². The van der Waals surface area contributed by atoms with Crippen molar-refractivity contribution in [2.45, 2.75) is 25.9 Å². The summed E-state index contributed by atoms with van der Waals surface area (Å²) in [6.07, 6.45) is 1.95. The van der Waals surface area contributed by atoms with E-state index in [0.717, 1.165) is 24.8 Å². The van der Waals surface area contributed by atoms with Crippen LogP contribution in [0.25, 0.3) is 0 Å². The molecule has 0 bridgehead atoms. The third-order valence-corrected chi connectivity index (χ3v) is 2.89. The molecule has 2 rings (SSSR count). The van der Waals surface area contributed by atoms with Crippen molar-refractivity contribution in [3.63, 3.8) is 0 Å². The summed E-state index contributed by atoms with van der Waals surface area (Å²) in [6.45, 7) is 0.146. The highest BCUT2D eigenvalue weighted by atomic mass is 16.7. The van der Waals surface area contributed by atoms with Gasteiger partial charge in [-0.05, 0) is 18.4 Å². The minimum absolute atomic E-state index is 0.0700. The Morgan fingerprint density at radius 2 is 1.94 bits per heavy atom. The Morgan fingerprint density at radius 1 is 1.22 bits per heavy atom. The van der Waals surface area contributed by atoms with Crippen LogP contribution in [-0.2, 0) is 21.0 Å². The molecule has 0 heterocycles. The molecule has 1 N–H and O–H groups in total. The van der Waals surface area contributed by atoms with E-state index in [1.807, 2.05) is 35.8 Å². The van der Waals surface area contributed by atoms with Crippen molar-refractivity contribution >= 4 is 12.1 Å². The van der Waals surface area contributed by atoms with Crippen molar-refractivity contribution in [3.8, 4) is 0 Å². The summed E-state index contributed by atoms with van der Waals surface area (Å²) >= 11 is 0. The molecular formula is C13H15NO4. The molecule has 0 spiro atoms. The van der Waals surface area contributed by atoms with Gasteiger partial charge in [-0.15, -0.1) is 5.48 Å². The fourth-order valence-electron chi connectivity index (χ4n) is 1.57. The summed E-state index contributed by atoms with van der Waals surface area (Å²) < 4.78 is 4.88. The number of carbonyl (C=O) groups is 2. The number of nitrogens with one attached hydrogen (secondary N) is 1. The SMILES string of the molecule is O=C(NOC(=O)C1CCC1)OCc1ccccc1. The van der Waals surface area contributed by atoms with Crippen LogP contribution in [0.4, 0.5) is 4.79 Å². The van der Waals surface area contributed by atoms with Crippen molar-refractivity contribution in [1.82, 2.24) is 5.48 Å². The molecule has 1 saturated carbocycles. The first kappa shape index (κ1) is 12.4. The molecule has 1 amide bonds. The van der Waals surface area contributed by atoms with Crippen molar-refractivity contribution in [3.05, 3.63) is 35.9 Å². The lowest BCUT2D eigenvalue weighted by Crippen LogP contribution is -2.33. The van der Waals surface area contributed by atoms with E-state index in [1.54, 1.807) is 0 Å². The van der Waals surface area contributed by atoms with Crippen molar-refractivity contribution in [2.75, 3.05) is 0 Å². The number of hydrogen-bond acceptors (Lipinski definition) is 4. The molecule has 0 radical (unpaired) electrons. The fourth-order valence-corrected chi connectivity index (χ4v) is 1.57. The molecule has 5 heteroatoms. The van der Waals surface area contributed by atoms with Gasteiger partial charge in [-0.3, -0.25) is 0 Å². The molecule has 0 saturated heterocycles. The molecule has 0 aliphatic heterocycles. The summed E-state index contributed by atoms with van der Waals surface area (Å²) in [6, 6.07) is 9.27. The van der Waals surface area contributed by atoms with Gasteiger partial charge in [-0.2, -0.15) is 0 Å². The third kappa shape index (κ3) is 3.48. The van der Waals surface area contributed by atoms with Gasteiger partial charge in [0, 0.05) is 0 Å². The molecule has 1 aromatic carbocycles. The van der Waals surface area contributed by atoms with Crippen LogP contribution in [-0.4, -0.2) is 12.1 Å². The van der Waals surface area contributed by atoms with E-state index in [2.05, 4.69) is 4.84 Å². The maximum atomic E-state index is 11.3. The number of amides is 1. The summed E-state index contributed by atoms with van der Waals surface area (Å²) in [7, 11) is 0. The van der Waals surface area contributed by atoms with Crippen LogP contribution in [0.15, 0.2) is 30.3 Å². The fraction of sp³-hybridized carbons (Fsp3) is 0.385. The van der Waals surface area contributed by atoms with Gasteiger partial charge in [0.05, 0.1) is 5.92 Å². The predicted octanol–water partition coefficient (Wildman–Crippen LogP) is 2.17. The number of carbonyl (C=O) groups excluding carboxylic acids is 2. The van der Waals surface area contributed by atoms with Gasteiger partial charge in [0.1, 0.15) is 6.61 Å². The Morgan fingerprint density at radius 3 is 2.56 bits per heavy atom. The maximum absolute atomic E-state index is 11.3. The second kappa shape index (κ2) is 6.05. The minimum Gasteiger partial charge on any atom is -0.443 e. The standard InChI is InChI=1S/C13H15NO4/c15-12(11-7-4-8-11)18-14-13(16)17-9-10-5-2-1-3-6-10/h1-3,5-6,11H,4,7-9H2,(H,14,16). The number of rotatable bonds is 3. The first-order chi connectivity index (χ1) is 8.75. The van der Waals surface area contributed by atoms with Gasteiger partial charge in [0.2, 0.25) is 0 Å². The third-order valence-electron chi connectivity index (χ3n) is 2.89. The zero-order valence-electron chi connectivity index (χ0n) is 9.93. The van der Waals surface area contributed by atoms with Crippen LogP contribution >= 0.6 is 0 Å². The Hall–Kier alpha value is -2.04. The molecule has 1 aliphatic rings. The average Bonchev–Trinajstić information content (AvgIpc) is 2.33. The van der Waals surface area contributed by atoms with Crippen molar-refractivity contribution in [1.29, 1.82) is 0 Å². The van der Waals surface area contributed by atoms with Crippen LogP contribution in [0.2, 0.25) is 0 Å². The summed E-state index contributed by atoms with van der Waals surface area (Å²) in [5.74, 6) is -0.461. The Labute approximate surface area is 105 Å². The molecule has 1 fully saturated rings. The molecule has 0 aromatic heterocycles. The van der Waals surface area contributed by atoms with Gasteiger partial charge in [0.25, 0.3) is 0 Å². The molecular weight excluding hydrogens is 234 g/mol. The smallest absolute Gasteiger partial charge is 0.441 e. The lowest BCUT2D eigenvalue weighted by atomic mass is 9.86. The highest BCUT2D eigenvalue weighted by Gasteiger charge is 2.27. The Bertz CT molecular complexity index is 414. The quantitative estimate of drug-likeness (QED) is 0.834. The van der Waals surface area contributed by atoms with Crippen LogP contribution in [0.5, 0.6) is 0 Å². The van der Waals surface area contributed by atoms with Gasteiger partial charge >= 0.3 is 12.1 Å². The first-order valence-corrected chi connectivity index (χ1v) is 5.93. The highest BCUT2D eigenvalue weighted by molar-refractivity contribution is 5.75. The molecule has 0 unspecified atom stereocenters. The topological polar surface area (TPSA) is 64.6 Å². The average molecular weight is 249 g/mol. The monoisotopic (exact) mass is 249 g/mol. The normalized spacial score (nSPS) is 14.4. The van der Waals surface area contributed by atoms with Gasteiger partial charge < -0.3 is 9.57 Å². The molecule has 1 aromatic rings. The largest absolute Gasteiger partial charge is 0.443 e. The Kier molecular flexibility index (Phi) is 4.17. The van der Waals surface area contributed by atoms with Crippen LogP contribution in [0, 0.1) is 5.92 Å². The Balaban J connectivity index is 1.64. The molecule has 96 valence electrons. The van der Waals surface area contributed by atoms with Crippen LogP contribution in [0.1, 0.15) is 24.8 Å². The van der Waals surface area contributed by atoms with Crippen molar-refractivity contribution in [2.24, 2.45) is 5.92 Å². The summed E-state index contributed by atoms with van der Waals surface area (Å²) in [5.41, 5.74) is 2.86. The van der Waals surface area contributed by atoms with Crippen molar-refractivity contribution < 1.29 is 19.2 Å². The molecule has 0 atom stereocenters. The molecule has 5 nitrogen and oxygen atoms in total. The second-order valence-electron chi connectivity index (χ2n) is 4.21. The highest BCUT2D eigenvalue weighted by Crippen LogP contribution is 2.26. The van der Waals surface area contributed by atoms with Gasteiger partial charge in [-0.1, -0.05) is 36.8 Å². The molecule has 1 aliphatic carbocycles. The lowest BCUT2D eigenvalue weighted by molar-refractivity contribution is -0.157. The second-order valence-corrected chi connectivity index (χ2v) is 4.21. The number of hydroxylamine groups is 1. The van der Waals surface area contributed by atoms with E-state index >= 15 is 0 Å². The molecule has 18 heavy (non-hydrogen) atoms. The number of ether oxygens (including phenoxy) is 1. The van der Waals surface area contributed by atoms with Crippen LogP contribution in [0.3, 0.4) is 0 Å². The summed E-state index contributed by atoms with van der Waals surface area (Å²) in [4.78, 5) is 27.2. The maximum Gasteiger partial charge on any atom is 0.441 e. The zero-order valence-corrected chi connectivity index (χ0v) is 9.93. The van der Waals surface area contributed by atoms with Gasteiger partial charge in [0.15, 0.2) is 0 Å². The van der Waals surface area contributed by atoms with E-state index in [9.17, 15) is 9.59 Å². The van der Waals surface area contributed by atoms with E-state index in [4.69, 9.17) is 4.74 Å². The lowest BCUT2D eigenvalue weighted by Gasteiger charge is -2.22. The van der Waals surface area contributed by atoms with E-state index in [0.29, 0.717) is 0 Å². The number of hydrogen-bond donors (Lipinski definition) is 1. The number of benzene rings is 1. The van der Waals surface area contributed by atoms with Crippen LogP contribution < -0.4 is 5.48 Å². The van der Waals surface area contributed by atoms with Gasteiger partial charge in [-0.25, -0.2) is 9.59 Å². The first-order valence-electron chi connectivity index (χ1n) is 5.93. The predicted molar refractivity (Wildman–Crippen MR) is 63.2 cm³/mol.